The summed E-state index contributed by atoms with van der Waals surface area (Å²) in [6, 6.07) is 0.0798. The first-order chi connectivity index (χ1) is 9.09. The first-order valence-corrected chi connectivity index (χ1v) is 7.90. The lowest BCUT2D eigenvalue weighted by molar-refractivity contribution is 0.373. The van der Waals surface area contributed by atoms with E-state index in [1.807, 2.05) is 13.8 Å². The summed E-state index contributed by atoms with van der Waals surface area (Å²) in [5.74, 6) is 0.730. The fourth-order valence-electron chi connectivity index (χ4n) is 2.58. The average molecular weight is 328 g/mol. The predicted molar refractivity (Wildman–Crippen MR) is 81.6 cm³/mol. The molecule has 0 saturated heterocycles. The van der Waals surface area contributed by atoms with Crippen molar-refractivity contribution in [1.29, 1.82) is 0 Å². The normalized spacial score (nSPS) is 16.8. The third-order valence-corrected chi connectivity index (χ3v) is 4.50. The number of hydrogen-bond donors (Lipinski definition) is 1. The first-order valence-electron chi connectivity index (χ1n) is 7.10. The van der Waals surface area contributed by atoms with Gasteiger partial charge in [-0.05, 0) is 48.5 Å². The molecule has 0 amide bonds. The maximum Gasteiger partial charge on any atom is 0.283 e. The number of hydrogen-bond acceptors (Lipinski definition) is 3. The molecule has 0 spiro atoms. The van der Waals surface area contributed by atoms with Crippen LogP contribution in [0.2, 0.25) is 0 Å². The fraction of sp³-hybridized carbons (Fsp3) is 0.714. The van der Waals surface area contributed by atoms with E-state index in [1.165, 1.54) is 36.8 Å². The zero-order chi connectivity index (χ0) is 13.8. The fourth-order valence-corrected chi connectivity index (χ4v) is 3.01. The molecule has 1 aromatic heterocycles. The molecule has 1 aliphatic carbocycles. The molecular weight excluding hydrogens is 306 g/mol. The summed E-state index contributed by atoms with van der Waals surface area (Å²) in [5, 5.41) is 7.58. The van der Waals surface area contributed by atoms with E-state index in [2.05, 4.69) is 26.3 Å². The Kier molecular flexibility index (Phi) is 5.02. The molecule has 1 heterocycles. The SMILES string of the molecule is CC(C)n1ncc(NCC2CCCCC2)c(Br)c1=O. The lowest BCUT2D eigenvalue weighted by atomic mass is 9.89. The van der Waals surface area contributed by atoms with E-state index < -0.39 is 0 Å². The van der Waals surface area contributed by atoms with Gasteiger partial charge in [-0.3, -0.25) is 4.79 Å². The van der Waals surface area contributed by atoms with Gasteiger partial charge in [0.2, 0.25) is 0 Å². The molecule has 0 bridgehead atoms. The van der Waals surface area contributed by atoms with Gasteiger partial charge in [-0.15, -0.1) is 0 Å². The minimum absolute atomic E-state index is 0.0661. The maximum atomic E-state index is 12.1. The van der Waals surface area contributed by atoms with E-state index in [0.29, 0.717) is 4.47 Å². The maximum absolute atomic E-state index is 12.1. The van der Waals surface area contributed by atoms with Crippen LogP contribution >= 0.6 is 15.9 Å². The quantitative estimate of drug-likeness (QED) is 0.919. The Morgan fingerprint density at radius 1 is 1.42 bits per heavy atom. The number of nitrogens with zero attached hydrogens (tertiary/aromatic N) is 2. The van der Waals surface area contributed by atoms with Crippen LogP contribution < -0.4 is 10.9 Å². The topological polar surface area (TPSA) is 46.9 Å². The molecule has 2 rings (SSSR count). The molecule has 0 atom stereocenters. The van der Waals surface area contributed by atoms with Gasteiger partial charge in [0.1, 0.15) is 4.47 Å². The molecule has 4 nitrogen and oxygen atoms in total. The number of nitrogens with one attached hydrogen (secondary N) is 1. The number of anilines is 1. The Bertz CT molecular complexity index is 478. The van der Waals surface area contributed by atoms with Gasteiger partial charge in [-0.2, -0.15) is 5.10 Å². The number of rotatable bonds is 4. The van der Waals surface area contributed by atoms with Crippen molar-refractivity contribution in [1.82, 2.24) is 9.78 Å². The van der Waals surface area contributed by atoms with E-state index in [4.69, 9.17) is 0 Å². The van der Waals surface area contributed by atoms with E-state index >= 15 is 0 Å². The summed E-state index contributed by atoms with van der Waals surface area (Å²) < 4.78 is 2.09. The standard InChI is InChI=1S/C14H22BrN3O/c1-10(2)18-14(19)13(15)12(9-17-18)16-8-11-6-4-3-5-7-11/h9-11,16H,3-8H2,1-2H3. The van der Waals surface area contributed by atoms with Crippen molar-refractivity contribution < 1.29 is 0 Å². The first kappa shape index (κ1) is 14.6. The van der Waals surface area contributed by atoms with Gasteiger partial charge < -0.3 is 5.32 Å². The Balaban J connectivity index is 2.04. The van der Waals surface area contributed by atoms with E-state index in [1.54, 1.807) is 6.20 Å². The minimum atomic E-state index is -0.0661. The molecule has 19 heavy (non-hydrogen) atoms. The predicted octanol–water partition coefficient (Wildman–Crippen LogP) is 3.58. The largest absolute Gasteiger partial charge is 0.382 e. The van der Waals surface area contributed by atoms with E-state index in [9.17, 15) is 4.79 Å². The van der Waals surface area contributed by atoms with Crippen molar-refractivity contribution in [2.24, 2.45) is 5.92 Å². The molecule has 0 aromatic carbocycles. The minimum Gasteiger partial charge on any atom is -0.382 e. The summed E-state index contributed by atoms with van der Waals surface area (Å²) in [4.78, 5) is 12.1. The molecule has 1 aromatic rings. The zero-order valence-electron chi connectivity index (χ0n) is 11.7. The Morgan fingerprint density at radius 3 is 2.74 bits per heavy atom. The third kappa shape index (κ3) is 3.59. The molecule has 0 unspecified atom stereocenters. The van der Waals surface area contributed by atoms with Crippen LogP contribution in [0.1, 0.15) is 52.0 Å². The number of halogens is 1. The summed E-state index contributed by atoms with van der Waals surface area (Å²) in [5.41, 5.74) is 0.746. The van der Waals surface area contributed by atoms with Crippen LogP contribution in [-0.2, 0) is 0 Å². The molecule has 1 N–H and O–H groups in total. The van der Waals surface area contributed by atoms with Crippen LogP contribution in [0.5, 0.6) is 0 Å². The molecule has 0 radical (unpaired) electrons. The molecule has 1 aliphatic rings. The number of aromatic nitrogens is 2. The van der Waals surface area contributed by atoms with Crippen LogP contribution in [0.4, 0.5) is 5.69 Å². The highest BCUT2D eigenvalue weighted by Gasteiger charge is 2.15. The lowest BCUT2D eigenvalue weighted by Crippen LogP contribution is -2.27. The van der Waals surface area contributed by atoms with Crippen molar-refractivity contribution in [2.75, 3.05) is 11.9 Å². The van der Waals surface area contributed by atoms with Gasteiger partial charge in [0.25, 0.3) is 5.56 Å². The second-order valence-corrected chi connectivity index (χ2v) is 6.39. The van der Waals surface area contributed by atoms with Gasteiger partial charge >= 0.3 is 0 Å². The molecule has 5 heteroatoms. The second kappa shape index (κ2) is 6.55. The van der Waals surface area contributed by atoms with Crippen LogP contribution in [0.25, 0.3) is 0 Å². The highest BCUT2D eigenvalue weighted by Crippen LogP contribution is 2.25. The summed E-state index contributed by atoms with van der Waals surface area (Å²) in [6.07, 6.45) is 8.37. The van der Waals surface area contributed by atoms with Crippen molar-refractivity contribution in [3.63, 3.8) is 0 Å². The second-order valence-electron chi connectivity index (χ2n) is 5.60. The lowest BCUT2D eigenvalue weighted by Gasteiger charge is -2.22. The molecule has 106 valence electrons. The van der Waals surface area contributed by atoms with Crippen molar-refractivity contribution in [2.45, 2.75) is 52.0 Å². The van der Waals surface area contributed by atoms with Crippen LogP contribution in [0.15, 0.2) is 15.5 Å². The van der Waals surface area contributed by atoms with Crippen molar-refractivity contribution in [3.05, 3.63) is 21.0 Å². The highest BCUT2D eigenvalue weighted by molar-refractivity contribution is 9.10. The average Bonchev–Trinajstić information content (AvgIpc) is 2.41. The monoisotopic (exact) mass is 327 g/mol. The van der Waals surface area contributed by atoms with E-state index in [-0.39, 0.29) is 11.6 Å². The molecule has 0 aliphatic heterocycles. The van der Waals surface area contributed by atoms with Crippen LogP contribution in [-0.4, -0.2) is 16.3 Å². The van der Waals surface area contributed by atoms with Crippen LogP contribution in [0.3, 0.4) is 0 Å². The van der Waals surface area contributed by atoms with Gasteiger partial charge in [0.05, 0.1) is 17.9 Å². The van der Waals surface area contributed by atoms with Crippen LogP contribution in [0, 0.1) is 5.92 Å². The molecule has 1 fully saturated rings. The van der Waals surface area contributed by atoms with Gasteiger partial charge in [-0.1, -0.05) is 19.3 Å². The van der Waals surface area contributed by atoms with Crippen molar-refractivity contribution >= 4 is 21.6 Å². The Labute approximate surface area is 122 Å². The summed E-state index contributed by atoms with van der Waals surface area (Å²) in [7, 11) is 0. The van der Waals surface area contributed by atoms with E-state index in [0.717, 1.165) is 18.2 Å². The molecule has 1 saturated carbocycles. The zero-order valence-corrected chi connectivity index (χ0v) is 13.2. The van der Waals surface area contributed by atoms with Crippen molar-refractivity contribution in [3.8, 4) is 0 Å². The smallest absolute Gasteiger partial charge is 0.283 e. The summed E-state index contributed by atoms with van der Waals surface area (Å²) >= 11 is 3.39. The van der Waals surface area contributed by atoms with Gasteiger partial charge in [0, 0.05) is 6.54 Å². The van der Waals surface area contributed by atoms with Gasteiger partial charge in [-0.25, -0.2) is 4.68 Å². The highest BCUT2D eigenvalue weighted by atomic mass is 79.9. The molecular formula is C14H22BrN3O. The third-order valence-electron chi connectivity index (χ3n) is 3.74. The Hall–Kier alpha value is -0.840. The van der Waals surface area contributed by atoms with Gasteiger partial charge in [0.15, 0.2) is 0 Å². The Morgan fingerprint density at radius 2 is 2.11 bits per heavy atom. The summed E-state index contributed by atoms with van der Waals surface area (Å²) in [6.45, 7) is 4.84.